The zero-order valence-electron chi connectivity index (χ0n) is 16.3. The van der Waals surface area contributed by atoms with Crippen molar-refractivity contribution < 1.29 is 14.3 Å². The third kappa shape index (κ3) is 4.13. The molecule has 2 amide bonds. The van der Waals surface area contributed by atoms with E-state index in [1.807, 2.05) is 48.5 Å². The van der Waals surface area contributed by atoms with Crippen LogP contribution in [0.3, 0.4) is 0 Å². The third-order valence-electron chi connectivity index (χ3n) is 4.70. The van der Waals surface area contributed by atoms with E-state index in [0.717, 1.165) is 5.69 Å². The molecule has 0 unspecified atom stereocenters. The highest BCUT2D eigenvalue weighted by Crippen LogP contribution is 2.37. The van der Waals surface area contributed by atoms with Crippen LogP contribution in [0.5, 0.6) is 5.75 Å². The number of carbonyl (C=O) groups excluding carboxylic acids is 2. The lowest BCUT2D eigenvalue weighted by Crippen LogP contribution is -2.53. The number of hydrogen-bond acceptors (Lipinski definition) is 3. The summed E-state index contributed by atoms with van der Waals surface area (Å²) in [6.07, 6.45) is 0.210. The summed E-state index contributed by atoms with van der Waals surface area (Å²) in [5.41, 5.74) is 1.75. The lowest BCUT2D eigenvalue weighted by Gasteiger charge is -2.38. The minimum atomic E-state index is -0.947. The van der Waals surface area contributed by atoms with Crippen molar-refractivity contribution in [3.8, 4) is 5.75 Å². The second-order valence-electron chi connectivity index (χ2n) is 7.61. The molecule has 5 nitrogen and oxygen atoms in total. The number of fused-ring (bicyclic) bond motifs is 1. The lowest BCUT2D eigenvalue weighted by molar-refractivity contribution is -0.132. The number of ether oxygens (including phenoxy) is 1. The maximum atomic E-state index is 12.8. The van der Waals surface area contributed by atoms with Crippen molar-refractivity contribution in [1.29, 1.82) is 0 Å². The predicted molar refractivity (Wildman–Crippen MR) is 107 cm³/mol. The van der Waals surface area contributed by atoms with Crippen LogP contribution in [0.1, 0.15) is 45.6 Å². The molecule has 1 aliphatic heterocycles. The highest BCUT2D eigenvalue weighted by atomic mass is 16.5. The number of carbonyl (C=O) groups is 2. The molecule has 3 rings (SSSR count). The Morgan fingerprint density at radius 2 is 1.78 bits per heavy atom. The normalized spacial score (nSPS) is 15.3. The average Bonchev–Trinajstić information content (AvgIpc) is 2.62. The summed E-state index contributed by atoms with van der Waals surface area (Å²) in [6, 6.07) is 15.3. The predicted octanol–water partition coefficient (Wildman–Crippen LogP) is 4.34. The highest BCUT2D eigenvalue weighted by Gasteiger charge is 2.40. The van der Waals surface area contributed by atoms with Crippen molar-refractivity contribution in [2.24, 2.45) is 0 Å². The summed E-state index contributed by atoms with van der Waals surface area (Å²) in [5, 5.41) is 2.90. The van der Waals surface area contributed by atoms with Gasteiger partial charge >= 0.3 is 0 Å². The van der Waals surface area contributed by atoms with Crippen molar-refractivity contribution in [2.45, 2.75) is 45.6 Å². The van der Waals surface area contributed by atoms with Gasteiger partial charge in [-0.3, -0.25) is 9.59 Å². The minimum absolute atomic E-state index is 0.123. The van der Waals surface area contributed by atoms with Gasteiger partial charge in [-0.05, 0) is 49.6 Å². The number of anilines is 2. The first-order valence-corrected chi connectivity index (χ1v) is 9.28. The van der Waals surface area contributed by atoms with Crippen molar-refractivity contribution in [1.82, 2.24) is 0 Å². The number of hydrogen-bond donors (Lipinski definition) is 1. The molecular weight excluding hydrogens is 340 g/mol. The first kappa shape index (κ1) is 19.0. The average molecular weight is 366 g/mol. The van der Waals surface area contributed by atoms with E-state index in [1.54, 1.807) is 18.7 Å². The first-order valence-electron chi connectivity index (χ1n) is 9.28. The Bertz CT molecular complexity index is 841. The molecule has 142 valence electrons. The van der Waals surface area contributed by atoms with Crippen LogP contribution in [0.25, 0.3) is 0 Å². The van der Waals surface area contributed by atoms with Crippen LogP contribution >= 0.6 is 0 Å². The van der Waals surface area contributed by atoms with Gasteiger partial charge in [0.25, 0.3) is 5.91 Å². The fourth-order valence-electron chi connectivity index (χ4n) is 3.13. The first-order chi connectivity index (χ1) is 12.8. The molecule has 0 bridgehead atoms. The van der Waals surface area contributed by atoms with Crippen LogP contribution < -0.4 is 15.0 Å². The summed E-state index contributed by atoms with van der Waals surface area (Å²) in [5.74, 6) is 0.842. The van der Waals surface area contributed by atoms with E-state index >= 15 is 0 Å². The Morgan fingerprint density at radius 1 is 1.11 bits per heavy atom. The van der Waals surface area contributed by atoms with Crippen LogP contribution in [0, 0.1) is 0 Å². The van der Waals surface area contributed by atoms with Gasteiger partial charge in [0.2, 0.25) is 5.91 Å². The molecule has 0 radical (unpaired) electrons. The van der Waals surface area contributed by atoms with Gasteiger partial charge in [0.1, 0.15) is 5.75 Å². The van der Waals surface area contributed by atoms with Crippen LogP contribution in [0.4, 0.5) is 11.4 Å². The minimum Gasteiger partial charge on any atom is -0.476 e. The van der Waals surface area contributed by atoms with Crippen molar-refractivity contribution in [3.63, 3.8) is 0 Å². The van der Waals surface area contributed by atoms with Gasteiger partial charge in [-0.1, -0.05) is 38.1 Å². The number of nitrogens with zero attached hydrogens (tertiary/aromatic N) is 1. The summed E-state index contributed by atoms with van der Waals surface area (Å²) >= 11 is 0. The molecule has 1 heterocycles. The Morgan fingerprint density at radius 3 is 2.44 bits per heavy atom. The topological polar surface area (TPSA) is 58.6 Å². The van der Waals surface area contributed by atoms with Gasteiger partial charge in [-0.2, -0.15) is 0 Å². The highest BCUT2D eigenvalue weighted by molar-refractivity contribution is 6.03. The largest absolute Gasteiger partial charge is 0.476 e. The van der Waals surface area contributed by atoms with Gasteiger partial charge in [0.05, 0.1) is 5.69 Å². The molecule has 0 saturated carbocycles. The fourth-order valence-corrected chi connectivity index (χ4v) is 3.13. The number of para-hydroxylation sites is 2. The lowest BCUT2D eigenvalue weighted by atomic mass is 10.0. The molecule has 1 aliphatic rings. The molecule has 0 spiro atoms. The number of benzene rings is 2. The second-order valence-corrected chi connectivity index (χ2v) is 7.61. The van der Waals surface area contributed by atoms with Gasteiger partial charge < -0.3 is 15.0 Å². The SMILES string of the molecule is CC(C)c1ccc(NC(=O)CCN2C(=O)C(C)(C)Oc3ccccc32)cc1. The molecule has 0 aromatic heterocycles. The van der Waals surface area contributed by atoms with Crippen molar-refractivity contribution >= 4 is 23.2 Å². The van der Waals surface area contributed by atoms with E-state index in [4.69, 9.17) is 4.74 Å². The molecule has 2 aromatic rings. The zero-order valence-corrected chi connectivity index (χ0v) is 16.3. The summed E-state index contributed by atoms with van der Waals surface area (Å²) in [6.45, 7) is 8.06. The van der Waals surface area contributed by atoms with Gasteiger partial charge in [-0.25, -0.2) is 0 Å². The van der Waals surface area contributed by atoms with Crippen LogP contribution in [-0.2, 0) is 9.59 Å². The number of nitrogens with one attached hydrogen (secondary N) is 1. The number of rotatable bonds is 5. The molecule has 0 saturated heterocycles. The Labute approximate surface area is 160 Å². The quantitative estimate of drug-likeness (QED) is 0.856. The molecular formula is C22H26N2O3. The molecule has 0 fully saturated rings. The monoisotopic (exact) mass is 366 g/mol. The van der Waals surface area contributed by atoms with E-state index in [0.29, 0.717) is 23.9 Å². The molecule has 0 atom stereocenters. The summed E-state index contributed by atoms with van der Waals surface area (Å²) in [7, 11) is 0. The van der Waals surface area contributed by atoms with Gasteiger partial charge in [-0.15, -0.1) is 0 Å². The standard InChI is InChI=1S/C22H26N2O3/c1-15(2)16-9-11-17(12-10-16)23-20(25)13-14-24-18-7-5-6-8-19(18)27-22(3,4)21(24)26/h5-12,15H,13-14H2,1-4H3,(H,23,25). The fraction of sp³-hybridized carbons (Fsp3) is 0.364. The number of amides is 2. The van der Waals surface area contributed by atoms with Crippen LogP contribution in [0.15, 0.2) is 48.5 Å². The third-order valence-corrected chi connectivity index (χ3v) is 4.70. The summed E-state index contributed by atoms with van der Waals surface area (Å²) in [4.78, 5) is 26.8. The maximum absolute atomic E-state index is 12.8. The van der Waals surface area contributed by atoms with E-state index in [9.17, 15) is 9.59 Å². The second kappa shape index (κ2) is 7.43. The van der Waals surface area contributed by atoms with Crippen LogP contribution in [-0.4, -0.2) is 24.0 Å². The zero-order chi connectivity index (χ0) is 19.6. The van der Waals surface area contributed by atoms with E-state index in [2.05, 4.69) is 19.2 Å². The molecule has 2 aromatic carbocycles. The van der Waals surface area contributed by atoms with E-state index < -0.39 is 5.60 Å². The summed E-state index contributed by atoms with van der Waals surface area (Å²) < 4.78 is 5.80. The Balaban J connectivity index is 1.66. The van der Waals surface area contributed by atoms with E-state index in [-0.39, 0.29) is 18.2 Å². The van der Waals surface area contributed by atoms with Gasteiger partial charge in [0, 0.05) is 18.7 Å². The Kier molecular flexibility index (Phi) is 5.22. The Hall–Kier alpha value is -2.82. The smallest absolute Gasteiger partial charge is 0.270 e. The van der Waals surface area contributed by atoms with Crippen molar-refractivity contribution in [2.75, 3.05) is 16.8 Å². The van der Waals surface area contributed by atoms with Crippen molar-refractivity contribution in [3.05, 3.63) is 54.1 Å². The molecule has 0 aliphatic carbocycles. The molecule has 5 heteroatoms. The van der Waals surface area contributed by atoms with Crippen LogP contribution in [0.2, 0.25) is 0 Å². The molecule has 1 N–H and O–H groups in total. The van der Waals surface area contributed by atoms with Gasteiger partial charge in [0.15, 0.2) is 5.60 Å². The maximum Gasteiger partial charge on any atom is 0.270 e. The molecule has 27 heavy (non-hydrogen) atoms. The van der Waals surface area contributed by atoms with E-state index in [1.165, 1.54) is 5.56 Å².